The number of aromatic nitrogens is 1. The molecule has 0 radical (unpaired) electrons. The number of halogens is 1. The van der Waals surface area contributed by atoms with Crippen molar-refractivity contribution in [2.45, 2.75) is 6.42 Å². The third kappa shape index (κ3) is 5.14. The molecule has 0 aliphatic heterocycles. The summed E-state index contributed by atoms with van der Waals surface area (Å²) < 4.78 is 29.1. The van der Waals surface area contributed by atoms with E-state index in [1.807, 2.05) is 24.3 Å². The van der Waals surface area contributed by atoms with Crippen LogP contribution >= 0.6 is 0 Å². The first kappa shape index (κ1) is 20.0. The molecule has 29 heavy (non-hydrogen) atoms. The van der Waals surface area contributed by atoms with E-state index in [1.54, 1.807) is 38.5 Å². The molecule has 1 aromatic heterocycles. The van der Waals surface area contributed by atoms with Crippen molar-refractivity contribution in [3.63, 3.8) is 0 Å². The fourth-order valence-corrected chi connectivity index (χ4v) is 2.70. The molecule has 0 saturated heterocycles. The first-order valence-electron chi connectivity index (χ1n) is 8.92. The van der Waals surface area contributed by atoms with Crippen LogP contribution in [0.15, 0.2) is 46.9 Å². The van der Waals surface area contributed by atoms with Gasteiger partial charge in [0.1, 0.15) is 11.9 Å². The molecule has 1 heterocycles. The molecule has 0 aliphatic rings. The minimum atomic E-state index is -0.300. The topological polar surface area (TPSA) is 80.3 Å². The Balaban J connectivity index is 1.64. The van der Waals surface area contributed by atoms with Crippen LogP contribution in [0.2, 0.25) is 0 Å². The molecular formula is C22H20FN3O3. The van der Waals surface area contributed by atoms with Gasteiger partial charge in [0, 0.05) is 12.6 Å². The zero-order valence-corrected chi connectivity index (χ0v) is 16.1. The smallest absolute Gasteiger partial charge is 0.232 e. The summed E-state index contributed by atoms with van der Waals surface area (Å²) in [7, 11) is 3.18. The van der Waals surface area contributed by atoms with Crippen LogP contribution < -0.4 is 14.8 Å². The van der Waals surface area contributed by atoms with Gasteiger partial charge in [-0.3, -0.25) is 0 Å². The first-order valence-corrected chi connectivity index (χ1v) is 8.92. The van der Waals surface area contributed by atoms with E-state index in [9.17, 15) is 9.65 Å². The number of ether oxygens (including phenoxy) is 2. The van der Waals surface area contributed by atoms with Crippen molar-refractivity contribution in [3.05, 3.63) is 71.0 Å². The third-order valence-corrected chi connectivity index (χ3v) is 4.19. The van der Waals surface area contributed by atoms with Gasteiger partial charge in [-0.05, 0) is 47.9 Å². The molecule has 0 bridgehead atoms. The molecule has 2 aromatic carbocycles. The highest BCUT2D eigenvalue weighted by atomic mass is 19.1. The summed E-state index contributed by atoms with van der Waals surface area (Å²) in [4.78, 5) is 4.15. The van der Waals surface area contributed by atoms with Crippen LogP contribution in [-0.2, 0) is 6.42 Å². The molecule has 0 fully saturated rings. The number of nitrogens with one attached hydrogen (secondary N) is 1. The summed E-state index contributed by atoms with van der Waals surface area (Å²) in [6, 6.07) is 13.7. The molecule has 7 heteroatoms. The van der Waals surface area contributed by atoms with Crippen LogP contribution in [0.5, 0.6) is 11.5 Å². The normalized spacial score (nSPS) is 10.7. The highest BCUT2D eigenvalue weighted by Gasteiger charge is 2.11. The predicted molar refractivity (Wildman–Crippen MR) is 108 cm³/mol. The van der Waals surface area contributed by atoms with Gasteiger partial charge in [0.25, 0.3) is 0 Å². The van der Waals surface area contributed by atoms with Gasteiger partial charge >= 0.3 is 0 Å². The van der Waals surface area contributed by atoms with Crippen LogP contribution in [0, 0.1) is 17.1 Å². The van der Waals surface area contributed by atoms with Crippen molar-refractivity contribution in [2.75, 3.05) is 26.1 Å². The van der Waals surface area contributed by atoms with Gasteiger partial charge in [0.15, 0.2) is 11.5 Å². The molecule has 6 nitrogen and oxygen atoms in total. The monoisotopic (exact) mass is 393 g/mol. The highest BCUT2D eigenvalue weighted by Crippen LogP contribution is 2.27. The zero-order chi connectivity index (χ0) is 20.6. The van der Waals surface area contributed by atoms with Gasteiger partial charge in [0.05, 0.1) is 14.2 Å². The number of anilines is 1. The van der Waals surface area contributed by atoms with Gasteiger partial charge in [0.2, 0.25) is 17.5 Å². The Labute approximate surface area is 168 Å². The molecule has 1 N–H and O–H groups in total. The lowest BCUT2D eigenvalue weighted by Gasteiger charge is -2.09. The van der Waals surface area contributed by atoms with E-state index in [4.69, 9.17) is 13.9 Å². The Kier molecular flexibility index (Phi) is 6.48. The van der Waals surface area contributed by atoms with Crippen LogP contribution in [0.1, 0.15) is 22.7 Å². The fraction of sp³-hybridized carbons (Fsp3) is 0.182. The number of rotatable bonds is 8. The van der Waals surface area contributed by atoms with Crippen molar-refractivity contribution in [3.8, 4) is 17.6 Å². The number of hydrogen-bond acceptors (Lipinski definition) is 6. The molecule has 0 unspecified atom stereocenters. The van der Waals surface area contributed by atoms with E-state index in [1.165, 1.54) is 12.1 Å². The molecule has 148 valence electrons. The van der Waals surface area contributed by atoms with Crippen molar-refractivity contribution < 1.29 is 18.3 Å². The number of methoxy groups -OCH3 is 2. The lowest BCUT2D eigenvalue weighted by molar-refractivity contribution is 0.354. The maximum Gasteiger partial charge on any atom is 0.232 e. The zero-order valence-electron chi connectivity index (χ0n) is 16.1. The Morgan fingerprint density at radius 2 is 1.86 bits per heavy atom. The van der Waals surface area contributed by atoms with Gasteiger partial charge in [-0.25, -0.2) is 4.39 Å². The predicted octanol–water partition coefficient (Wildman–Crippen LogP) is 4.53. The van der Waals surface area contributed by atoms with Crippen LogP contribution in [-0.4, -0.2) is 25.7 Å². The Bertz CT molecular complexity index is 1040. The van der Waals surface area contributed by atoms with Crippen molar-refractivity contribution >= 4 is 18.0 Å². The summed E-state index contributed by atoms with van der Waals surface area (Å²) in [5.41, 5.74) is 2.02. The number of benzene rings is 2. The molecule has 0 atom stereocenters. The molecule has 0 amide bonds. The summed E-state index contributed by atoms with van der Waals surface area (Å²) >= 11 is 0. The van der Waals surface area contributed by atoms with E-state index in [-0.39, 0.29) is 11.5 Å². The second-order valence-electron chi connectivity index (χ2n) is 6.09. The molecule has 0 saturated carbocycles. The largest absolute Gasteiger partial charge is 0.493 e. The Morgan fingerprint density at radius 3 is 2.55 bits per heavy atom. The fourth-order valence-electron chi connectivity index (χ4n) is 2.70. The maximum atomic E-state index is 13.0. The Hall–Kier alpha value is -3.79. The average Bonchev–Trinajstić information content (AvgIpc) is 3.15. The second kappa shape index (κ2) is 9.42. The van der Waals surface area contributed by atoms with Gasteiger partial charge in [-0.2, -0.15) is 10.2 Å². The standard InChI is InChI=1S/C22H20FN3O3/c1-27-19-9-5-16(13-20(19)28-2)11-12-25-22-18(14-24)26-21(29-22)10-6-15-3-7-17(23)8-4-15/h3-10,13,25H,11-12H2,1-2H3/b10-6+. The lowest BCUT2D eigenvalue weighted by atomic mass is 10.1. The molecular weight excluding hydrogens is 373 g/mol. The minimum absolute atomic E-state index is 0.177. The quantitative estimate of drug-likeness (QED) is 0.606. The molecule has 0 aliphatic carbocycles. The molecule has 3 rings (SSSR count). The Morgan fingerprint density at radius 1 is 1.10 bits per heavy atom. The number of oxazole rings is 1. The van der Waals surface area contributed by atoms with E-state index in [0.29, 0.717) is 36.2 Å². The lowest BCUT2D eigenvalue weighted by Crippen LogP contribution is -2.05. The number of hydrogen-bond donors (Lipinski definition) is 1. The molecule has 3 aromatic rings. The van der Waals surface area contributed by atoms with E-state index in [0.717, 1.165) is 11.1 Å². The van der Waals surface area contributed by atoms with Crippen LogP contribution in [0.3, 0.4) is 0 Å². The average molecular weight is 393 g/mol. The van der Waals surface area contributed by atoms with Crippen molar-refractivity contribution in [1.82, 2.24) is 4.98 Å². The van der Waals surface area contributed by atoms with Crippen LogP contribution in [0.25, 0.3) is 12.2 Å². The van der Waals surface area contributed by atoms with Gasteiger partial charge in [-0.1, -0.05) is 18.2 Å². The summed E-state index contributed by atoms with van der Waals surface area (Å²) in [6.07, 6.45) is 4.06. The number of nitriles is 1. The first-order chi connectivity index (χ1) is 14.1. The SMILES string of the molecule is COc1ccc(CCNc2oc(/C=C/c3ccc(F)cc3)nc2C#N)cc1OC. The van der Waals surface area contributed by atoms with E-state index >= 15 is 0 Å². The summed E-state index contributed by atoms with van der Waals surface area (Å²) in [6.45, 7) is 0.542. The number of nitrogens with zero attached hydrogens (tertiary/aromatic N) is 2. The van der Waals surface area contributed by atoms with Crippen molar-refractivity contribution in [2.24, 2.45) is 0 Å². The minimum Gasteiger partial charge on any atom is -0.493 e. The third-order valence-electron chi connectivity index (χ3n) is 4.19. The summed E-state index contributed by atoms with van der Waals surface area (Å²) in [5, 5.41) is 12.4. The van der Waals surface area contributed by atoms with Gasteiger partial charge < -0.3 is 19.2 Å². The van der Waals surface area contributed by atoms with E-state index in [2.05, 4.69) is 10.3 Å². The van der Waals surface area contributed by atoms with Crippen molar-refractivity contribution in [1.29, 1.82) is 5.26 Å². The van der Waals surface area contributed by atoms with Gasteiger partial charge in [-0.15, -0.1) is 0 Å². The van der Waals surface area contributed by atoms with Crippen LogP contribution in [0.4, 0.5) is 10.3 Å². The second-order valence-corrected chi connectivity index (χ2v) is 6.09. The summed E-state index contributed by atoms with van der Waals surface area (Å²) in [5.74, 6) is 1.64. The maximum absolute atomic E-state index is 13.0. The molecule has 0 spiro atoms. The van der Waals surface area contributed by atoms with E-state index < -0.39 is 0 Å². The highest BCUT2D eigenvalue weighted by molar-refractivity contribution is 5.67.